The average molecular weight is 382 g/mol. The lowest BCUT2D eigenvalue weighted by atomic mass is 10.1. The van der Waals surface area contributed by atoms with Crippen LogP contribution in [0.1, 0.15) is 18.4 Å². The lowest BCUT2D eigenvalue weighted by Crippen LogP contribution is -2.40. The molecule has 0 unspecified atom stereocenters. The van der Waals surface area contributed by atoms with Gasteiger partial charge >= 0.3 is 0 Å². The zero-order valence-electron chi connectivity index (χ0n) is 15.2. The number of hydrogen-bond acceptors (Lipinski definition) is 4. The van der Waals surface area contributed by atoms with Crippen molar-refractivity contribution in [3.8, 4) is 0 Å². The smallest absolute Gasteiger partial charge is 0.271 e. The molecule has 1 aliphatic heterocycles. The number of carbonyl (C=O) groups excluding carboxylic acids is 3. The molecule has 0 saturated carbocycles. The summed E-state index contributed by atoms with van der Waals surface area (Å²) in [7, 11) is 0. The highest BCUT2D eigenvalue weighted by molar-refractivity contribution is 6.43. The molecule has 0 bridgehead atoms. The normalized spacial score (nSPS) is 13.7. The number of halogens is 1. The van der Waals surface area contributed by atoms with Gasteiger partial charge in [-0.3, -0.25) is 14.4 Å². The van der Waals surface area contributed by atoms with Crippen molar-refractivity contribution < 1.29 is 18.8 Å². The predicted molar refractivity (Wildman–Crippen MR) is 103 cm³/mol. The standard InChI is InChI=1S/C20H19FN4O3/c1-13-11-14(21)7-8-16(13)23-18(26)12-25-19(27)10-9-17(24-25)20(28)22-15-5-3-2-4-6-15/h2-8,11H,9-10,12H2,1H3,(H,22,28)(H,23,26). The molecular formula is C20H19FN4O3. The van der Waals surface area contributed by atoms with E-state index in [1.807, 2.05) is 6.07 Å². The van der Waals surface area contributed by atoms with E-state index in [1.54, 1.807) is 31.2 Å². The molecule has 3 amide bonds. The number of amides is 3. The Morgan fingerprint density at radius 1 is 1.11 bits per heavy atom. The third-order valence-electron chi connectivity index (χ3n) is 4.15. The Kier molecular flexibility index (Phi) is 5.78. The number of anilines is 2. The molecule has 3 rings (SSSR count). The first kappa shape index (κ1) is 19.2. The molecule has 0 radical (unpaired) electrons. The van der Waals surface area contributed by atoms with Crippen LogP contribution in [0.4, 0.5) is 15.8 Å². The Labute approximate surface area is 161 Å². The summed E-state index contributed by atoms with van der Waals surface area (Å²) in [5.74, 6) is -1.65. The molecule has 8 heteroatoms. The summed E-state index contributed by atoms with van der Waals surface area (Å²) < 4.78 is 13.2. The van der Waals surface area contributed by atoms with Gasteiger partial charge in [-0.25, -0.2) is 9.40 Å². The molecule has 1 heterocycles. The van der Waals surface area contributed by atoms with E-state index in [1.165, 1.54) is 18.2 Å². The monoisotopic (exact) mass is 382 g/mol. The summed E-state index contributed by atoms with van der Waals surface area (Å²) in [6.45, 7) is 1.33. The zero-order valence-corrected chi connectivity index (χ0v) is 15.2. The van der Waals surface area contributed by atoms with Gasteiger partial charge < -0.3 is 10.6 Å². The maximum atomic E-state index is 13.2. The number of nitrogens with zero attached hydrogens (tertiary/aromatic N) is 2. The minimum Gasteiger partial charge on any atom is -0.324 e. The zero-order chi connectivity index (χ0) is 20.1. The van der Waals surface area contributed by atoms with Crippen LogP contribution in [0.25, 0.3) is 0 Å². The topological polar surface area (TPSA) is 90.9 Å². The largest absolute Gasteiger partial charge is 0.324 e. The van der Waals surface area contributed by atoms with Crippen LogP contribution in [0.3, 0.4) is 0 Å². The Balaban J connectivity index is 1.66. The second-order valence-electron chi connectivity index (χ2n) is 6.33. The van der Waals surface area contributed by atoms with Crippen molar-refractivity contribution in [3.63, 3.8) is 0 Å². The summed E-state index contributed by atoms with van der Waals surface area (Å²) in [5.41, 5.74) is 1.80. The number of hydrogen-bond donors (Lipinski definition) is 2. The summed E-state index contributed by atoms with van der Waals surface area (Å²) in [6.07, 6.45) is 0.288. The maximum Gasteiger partial charge on any atom is 0.271 e. The van der Waals surface area contributed by atoms with Crippen LogP contribution < -0.4 is 10.6 Å². The third kappa shape index (κ3) is 4.79. The summed E-state index contributed by atoms with van der Waals surface area (Å²) in [5, 5.41) is 10.4. The van der Waals surface area contributed by atoms with E-state index in [0.717, 1.165) is 5.01 Å². The Hall–Kier alpha value is -3.55. The van der Waals surface area contributed by atoms with Crippen molar-refractivity contribution in [1.29, 1.82) is 0 Å². The van der Waals surface area contributed by atoms with Crippen molar-refractivity contribution in [2.75, 3.05) is 17.2 Å². The van der Waals surface area contributed by atoms with Crippen LogP contribution in [0.5, 0.6) is 0 Å². The molecular weight excluding hydrogens is 363 g/mol. The fraction of sp³-hybridized carbons (Fsp3) is 0.200. The predicted octanol–water partition coefficient (Wildman–Crippen LogP) is 2.69. The van der Waals surface area contributed by atoms with Crippen LogP contribution in [-0.2, 0) is 14.4 Å². The van der Waals surface area contributed by atoms with Gasteiger partial charge in [-0.2, -0.15) is 5.10 Å². The van der Waals surface area contributed by atoms with E-state index in [4.69, 9.17) is 0 Å². The first-order valence-electron chi connectivity index (χ1n) is 8.72. The van der Waals surface area contributed by atoms with Crippen LogP contribution in [0, 0.1) is 12.7 Å². The number of nitrogens with one attached hydrogen (secondary N) is 2. The fourth-order valence-corrected chi connectivity index (χ4v) is 2.71. The number of aryl methyl sites for hydroxylation is 1. The van der Waals surface area contributed by atoms with E-state index in [2.05, 4.69) is 15.7 Å². The van der Waals surface area contributed by atoms with Gasteiger partial charge in [0.15, 0.2) is 0 Å². The van der Waals surface area contributed by atoms with Crippen LogP contribution in [0.2, 0.25) is 0 Å². The second-order valence-corrected chi connectivity index (χ2v) is 6.33. The second kappa shape index (κ2) is 8.43. The summed E-state index contributed by atoms with van der Waals surface area (Å²) in [6, 6.07) is 12.9. The molecule has 0 atom stereocenters. The van der Waals surface area contributed by atoms with Gasteiger partial charge in [0.25, 0.3) is 5.91 Å². The minimum atomic E-state index is -0.489. The quantitative estimate of drug-likeness (QED) is 0.833. The first-order valence-corrected chi connectivity index (χ1v) is 8.72. The average Bonchev–Trinajstić information content (AvgIpc) is 2.66. The van der Waals surface area contributed by atoms with Crippen molar-refractivity contribution in [2.45, 2.75) is 19.8 Å². The molecule has 0 spiro atoms. The molecule has 144 valence electrons. The molecule has 28 heavy (non-hydrogen) atoms. The molecule has 2 aromatic rings. The minimum absolute atomic E-state index is 0.0872. The molecule has 0 aliphatic carbocycles. The highest BCUT2D eigenvalue weighted by Gasteiger charge is 2.26. The van der Waals surface area contributed by atoms with Crippen LogP contribution >= 0.6 is 0 Å². The molecule has 7 nitrogen and oxygen atoms in total. The van der Waals surface area contributed by atoms with Crippen molar-refractivity contribution in [1.82, 2.24) is 5.01 Å². The van der Waals surface area contributed by atoms with Crippen LogP contribution in [-0.4, -0.2) is 35.0 Å². The summed E-state index contributed by atoms with van der Waals surface area (Å²) >= 11 is 0. The highest BCUT2D eigenvalue weighted by Crippen LogP contribution is 2.16. The van der Waals surface area contributed by atoms with Crippen LogP contribution in [0.15, 0.2) is 53.6 Å². The fourth-order valence-electron chi connectivity index (χ4n) is 2.71. The molecule has 1 aliphatic rings. The Bertz CT molecular complexity index is 944. The van der Waals surface area contributed by atoms with Gasteiger partial charge in [-0.1, -0.05) is 18.2 Å². The molecule has 0 fully saturated rings. The van der Waals surface area contributed by atoms with E-state index in [9.17, 15) is 18.8 Å². The number of hydrazone groups is 1. The SMILES string of the molecule is Cc1cc(F)ccc1NC(=O)CN1N=C(C(=O)Nc2ccccc2)CCC1=O. The van der Waals surface area contributed by atoms with Crippen molar-refractivity contribution >= 4 is 34.8 Å². The first-order chi connectivity index (χ1) is 13.4. The number of rotatable bonds is 5. The van der Waals surface area contributed by atoms with Gasteiger partial charge in [0, 0.05) is 24.2 Å². The van der Waals surface area contributed by atoms with E-state index < -0.39 is 17.6 Å². The molecule has 0 aromatic heterocycles. The number of benzene rings is 2. The molecule has 2 aromatic carbocycles. The lowest BCUT2D eigenvalue weighted by molar-refractivity contribution is -0.135. The molecule has 0 saturated heterocycles. The van der Waals surface area contributed by atoms with Gasteiger partial charge in [0.2, 0.25) is 11.8 Å². The lowest BCUT2D eigenvalue weighted by Gasteiger charge is -2.22. The number of carbonyl (C=O) groups is 3. The van der Waals surface area contributed by atoms with Gasteiger partial charge in [-0.15, -0.1) is 0 Å². The van der Waals surface area contributed by atoms with Crippen molar-refractivity contribution in [2.24, 2.45) is 5.10 Å². The van der Waals surface area contributed by atoms with E-state index in [-0.39, 0.29) is 31.0 Å². The summed E-state index contributed by atoms with van der Waals surface area (Å²) in [4.78, 5) is 36.7. The van der Waals surface area contributed by atoms with E-state index >= 15 is 0 Å². The number of para-hydroxylation sites is 1. The van der Waals surface area contributed by atoms with Gasteiger partial charge in [-0.05, 0) is 42.8 Å². The Morgan fingerprint density at radius 2 is 1.86 bits per heavy atom. The highest BCUT2D eigenvalue weighted by atomic mass is 19.1. The third-order valence-corrected chi connectivity index (χ3v) is 4.15. The van der Waals surface area contributed by atoms with E-state index in [0.29, 0.717) is 16.9 Å². The van der Waals surface area contributed by atoms with Gasteiger partial charge in [0.05, 0.1) is 0 Å². The molecule has 2 N–H and O–H groups in total. The maximum absolute atomic E-state index is 13.2. The van der Waals surface area contributed by atoms with Crippen molar-refractivity contribution in [3.05, 3.63) is 59.9 Å². The Morgan fingerprint density at radius 3 is 2.57 bits per heavy atom. The van der Waals surface area contributed by atoms with Gasteiger partial charge in [0.1, 0.15) is 18.1 Å².